The molecule has 0 unspecified atom stereocenters. The van der Waals surface area contributed by atoms with Gasteiger partial charge in [0.2, 0.25) is 11.8 Å². The molecule has 0 aliphatic carbocycles. The zero-order valence-electron chi connectivity index (χ0n) is 12.3. The van der Waals surface area contributed by atoms with Gasteiger partial charge in [0.1, 0.15) is 6.54 Å². The lowest BCUT2D eigenvalue weighted by atomic mass is 9.96. The molecule has 8 nitrogen and oxygen atoms in total. The maximum absolute atomic E-state index is 12.2. The third-order valence-electron chi connectivity index (χ3n) is 3.66. The van der Waals surface area contributed by atoms with Gasteiger partial charge in [-0.05, 0) is 19.8 Å². The zero-order chi connectivity index (χ0) is 15.2. The number of carbonyl (C=O) groups excluding carboxylic acids is 2. The van der Waals surface area contributed by atoms with Crippen LogP contribution in [0.5, 0.6) is 0 Å². The molecule has 116 valence electrons. The Kier molecular flexibility index (Phi) is 5.26. The number of aromatic nitrogens is 3. The molecule has 0 radical (unpaired) electrons. The molecule has 21 heavy (non-hydrogen) atoms. The third-order valence-corrected chi connectivity index (χ3v) is 3.66. The van der Waals surface area contributed by atoms with Gasteiger partial charge in [0.25, 0.3) is 0 Å². The SMILES string of the molecule is CCNC(=O)C1CCN(C(=O)Cn2cc(CN)nn2)CC1. The number of nitrogens with one attached hydrogen (secondary N) is 1. The molecule has 0 spiro atoms. The predicted molar refractivity (Wildman–Crippen MR) is 75.9 cm³/mol. The van der Waals surface area contributed by atoms with Crippen LogP contribution in [0.2, 0.25) is 0 Å². The first-order chi connectivity index (χ1) is 10.1. The molecule has 1 fully saturated rings. The number of amides is 2. The minimum atomic E-state index is -0.00202. The maximum atomic E-state index is 12.2. The first-order valence-corrected chi connectivity index (χ1v) is 7.28. The highest BCUT2D eigenvalue weighted by Crippen LogP contribution is 2.17. The molecule has 0 saturated carbocycles. The fourth-order valence-electron chi connectivity index (χ4n) is 2.46. The summed E-state index contributed by atoms with van der Waals surface area (Å²) in [6.07, 6.45) is 3.10. The fourth-order valence-corrected chi connectivity index (χ4v) is 2.46. The van der Waals surface area contributed by atoms with E-state index < -0.39 is 0 Å². The van der Waals surface area contributed by atoms with Crippen LogP contribution in [0.4, 0.5) is 0 Å². The summed E-state index contributed by atoms with van der Waals surface area (Å²) in [4.78, 5) is 25.7. The van der Waals surface area contributed by atoms with Crippen LogP contribution in [0.3, 0.4) is 0 Å². The van der Waals surface area contributed by atoms with Crippen molar-refractivity contribution in [1.82, 2.24) is 25.2 Å². The highest BCUT2D eigenvalue weighted by Gasteiger charge is 2.27. The van der Waals surface area contributed by atoms with E-state index in [0.717, 1.165) is 0 Å². The summed E-state index contributed by atoms with van der Waals surface area (Å²) in [5.74, 6) is 0.107. The van der Waals surface area contributed by atoms with E-state index in [2.05, 4.69) is 15.6 Å². The van der Waals surface area contributed by atoms with Gasteiger partial charge < -0.3 is 16.0 Å². The largest absolute Gasteiger partial charge is 0.356 e. The van der Waals surface area contributed by atoms with E-state index in [4.69, 9.17) is 5.73 Å². The van der Waals surface area contributed by atoms with Crippen molar-refractivity contribution in [2.24, 2.45) is 11.7 Å². The highest BCUT2D eigenvalue weighted by atomic mass is 16.2. The van der Waals surface area contributed by atoms with Gasteiger partial charge >= 0.3 is 0 Å². The standard InChI is InChI=1S/C13H22N6O2/c1-2-15-13(21)10-3-5-18(6-4-10)12(20)9-19-8-11(7-14)16-17-19/h8,10H,2-7,9,14H2,1H3,(H,15,21). The molecule has 0 atom stereocenters. The zero-order valence-corrected chi connectivity index (χ0v) is 12.3. The van der Waals surface area contributed by atoms with Gasteiger partial charge in [-0.15, -0.1) is 5.10 Å². The van der Waals surface area contributed by atoms with Crippen LogP contribution in [0, 0.1) is 5.92 Å². The van der Waals surface area contributed by atoms with Gasteiger partial charge in [-0.2, -0.15) is 0 Å². The van der Waals surface area contributed by atoms with Crippen LogP contribution in [-0.2, 0) is 22.7 Å². The number of nitrogens with two attached hydrogens (primary N) is 1. The van der Waals surface area contributed by atoms with E-state index in [1.54, 1.807) is 11.1 Å². The molecular weight excluding hydrogens is 272 g/mol. The molecule has 2 rings (SSSR count). The second-order valence-corrected chi connectivity index (χ2v) is 5.16. The molecule has 1 aromatic rings. The number of nitrogens with zero attached hydrogens (tertiary/aromatic N) is 4. The van der Waals surface area contributed by atoms with E-state index in [1.165, 1.54) is 4.68 Å². The monoisotopic (exact) mass is 294 g/mol. The second kappa shape index (κ2) is 7.16. The topological polar surface area (TPSA) is 106 Å². The number of carbonyl (C=O) groups is 2. The van der Waals surface area contributed by atoms with Gasteiger partial charge in [0.15, 0.2) is 0 Å². The Morgan fingerprint density at radius 3 is 2.71 bits per heavy atom. The minimum Gasteiger partial charge on any atom is -0.356 e. The smallest absolute Gasteiger partial charge is 0.244 e. The summed E-state index contributed by atoms with van der Waals surface area (Å²) in [5.41, 5.74) is 6.12. The molecule has 0 aromatic carbocycles. The van der Waals surface area contributed by atoms with Gasteiger partial charge in [-0.1, -0.05) is 5.21 Å². The average Bonchev–Trinajstić information content (AvgIpc) is 2.95. The summed E-state index contributed by atoms with van der Waals surface area (Å²) < 4.78 is 1.50. The van der Waals surface area contributed by atoms with Crippen molar-refractivity contribution in [3.63, 3.8) is 0 Å². The van der Waals surface area contributed by atoms with E-state index in [-0.39, 0.29) is 24.3 Å². The summed E-state index contributed by atoms with van der Waals surface area (Å²) in [5, 5.41) is 10.5. The lowest BCUT2D eigenvalue weighted by Gasteiger charge is -2.31. The Bertz CT molecular complexity index is 493. The fraction of sp³-hybridized carbons (Fsp3) is 0.692. The average molecular weight is 294 g/mol. The number of piperidine rings is 1. The van der Waals surface area contributed by atoms with Crippen molar-refractivity contribution in [1.29, 1.82) is 0 Å². The lowest BCUT2D eigenvalue weighted by Crippen LogP contribution is -2.44. The molecule has 3 N–H and O–H groups in total. The molecule has 0 bridgehead atoms. The number of hydrogen-bond acceptors (Lipinski definition) is 5. The van der Waals surface area contributed by atoms with E-state index >= 15 is 0 Å². The quantitative estimate of drug-likeness (QED) is 0.733. The Morgan fingerprint density at radius 1 is 1.43 bits per heavy atom. The molecule has 1 aliphatic heterocycles. The van der Waals surface area contributed by atoms with E-state index in [9.17, 15) is 9.59 Å². The van der Waals surface area contributed by atoms with Crippen LogP contribution in [0.25, 0.3) is 0 Å². The molecule has 2 heterocycles. The maximum Gasteiger partial charge on any atom is 0.244 e. The first-order valence-electron chi connectivity index (χ1n) is 7.28. The normalized spacial score (nSPS) is 16.0. The van der Waals surface area contributed by atoms with Crippen LogP contribution in [-0.4, -0.2) is 51.3 Å². The molecular formula is C13H22N6O2. The van der Waals surface area contributed by atoms with Gasteiger partial charge in [-0.25, -0.2) is 4.68 Å². The molecule has 8 heteroatoms. The second-order valence-electron chi connectivity index (χ2n) is 5.16. The number of rotatable bonds is 5. The van der Waals surface area contributed by atoms with Crippen molar-refractivity contribution in [2.45, 2.75) is 32.9 Å². The third kappa shape index (κ3) is 4.01. The Balaban J connectivity index is 1.81. The first kappa shape index (κ1) is 15.4. The van der Waals surface area contributed by atoms with Crippen molar-refractivity contribution >= 4 is 11.8 Å². The predicted octanol–water partition coefficient (Wildman–Crippen LogP) is -0.888. The minimum absolute atomic E-state index is 0.00202. The molecule has 1 aliphatic rings. The van der Waals surface area contributed by atoms with E-state index in [0.29, 0.717) is 44.7 Å². The van der Waals surface area contributed by atoms with Crippen molar-refractivity contribution in [3.8, 4) is 0 Å². The Labute approximate surface area is 123 Å². The highest BCUT2D eigenvalue weighted by molar-refractivity contribution is 5.80. The van der Waals surface area contributed by atoms with Crippen LogP contribution >= 0.6 is 0 Å². The molecule has 2 amide bonds. The summed E-state index contributed by atoms with van der Waals surface area (Å²) in [6.45, 7) is 4.25. The van der Waals surface area contributed by atoms with Gasteiger partial charge in [0.05, 0.1) is 11.9 Å². The summed E-state index contributed by atoms with van der Waals surface area (Å²) in [7, 11) is 0. The Hall–Kier alpha value is -1.96. The molecule has 1 aromatic heterocycles. The van der Waals surface area contributed by atoms with E-state index in [1.807, 2.05) is 6.92 Å². The molecule has 1 saturated heterocycles. The van der Waals surface area contributed by atoms with Crippen LogP contribution < -0.4 is 11.1 Å². The lowest BCUT2D eigenvalue weighted by molar-refractivity contribution is -0.136. The number of hydrogen-bond donors (Lipinski definition) is 2. The van der Waals surface area contributed by atoms with Gasteiger partial charge in [-0.3, -0.25) is 9.59 Å². The summed E-state index contributed by atoms with van der Waals surface area (Å²) in [6, 6.07) is 0. The van der Waals surface area contributed by atoms with Crippen molar-refractivity contribution in [3.05, 3.63) is 11.9 Å². The summed E-state index contributed by atoms with van der Waals surface area (Å²) >= 11 is 0. The van der Waals surface area contributed by atoms with Crippen LogP contribution in [0.1, 0.15) is 25.5 Å². The van der Waals surface area contributed by atoms with Crippen molar-refractivity contribution in [2.75, 3.05) is 19.6 Å². The van der Waals surface area contributed by atoms with Gasteiger partial charge in [0, 0.05) is 32.1 Å². The van der Waals surface area contributed by atoms with Crippen LogP contribution in [0.15, 0.2) is 6.20 Å². The number of likely N-dealkylation sites (tertiary alicyclic amines) is 1. The van der Waals surface area contributed by atoms with Crippen molar-refractivity contribution < 1.29 is 9.59 Å². The Morgan fingerprint density at radius 2 is 2.14 bits per heavy atom.